The third kappa shape index (κ3) is 5.65. The van der Waals surface area contributed by atoms with Crippen LogP contribution in [0.2, 0.25) is 0 Å². The zero-order valence-electron chi connectivity index (χ0n) is 24.8. The van der Waals surface area contributed by atoms with Gasteiger partial charge in [0.25, 0.3) is 5.91 Å². The summed E-state index contributed by atoms with van der Waals surface area (Å²) in [6.07, 6.45) is 4.52. The maximum atomic E-state index is 17.0. The highest BCUT2D eigenvalue weighted by Crippen LogP contribution is 2.50. The van der Waals surface area contributed by atoms with Gasteiger partial charge in [0, 0.05) is 50.8 Å². The van der Waals surface area contributed by atoms with Crippen LogP contribution < -0.4 is 0 Å². The summed E-state index contributed by atoms with van der Waals surface area (Å²) >= 11 is 0. The second-order valence-corrected chi connectivity index (χ2v) is 12.1. The van der Waals surface area contributed by atoms with E-state index in [1.54, 1.807) is 13.0 Å². The van der Waals surface area contributed by atoms with Gasteiger partial charge in [-0.2, -0.15) is 0 Å². The van der Waals surface area contributed by atoms with Crippen LogP contribution in [0.3, 0.4) is 0 Å². The number of benzene rings is 1. The Bertz CT molecular complexity index is 1460. The molecule has 1 N–H and O–H groups in total. The van der Waals surface area contributed by atoms with E-state index in [4.69, 9.17) is 4.74 Å². The summed E-state index contributed by atoms with van der Waals surface area (Å²) < 4.78 is 39.0. The van der Waals surface area contributed by atoms with Crippen LogP contribution in [0.1, 0.15) is 77.2 Å². The minimum atomic E-state index is -2.01. The van der Waals surface area contributed by atoms with Crippen molar-refractivity contribution >= 4 is 17.4 Å². The van der Waals surface area contributed by atoms with Crippen LogP contribution in [0.25, 0.3) is 5.57 Å². The molecule has 7 nitrogen and oxygen atoms in total. The molecule has 2 aromatic rings. The minimum Gasteiger partial charge on any atom is -0.478 e. The summed E-state index contributed by atoms with van der Waals surface area (Å²) in [6.45, 7) is 5.45. The third-order valence-electron chi connectivity index (χ3n) is 9.29. The quantitative estimate of drug-likeness (QED) is 0.406. The Hall–Kier alpha value is -3.43. The molecule has 9 heteroatoms. The predicted molar refractivity (Wildman–Crippen MR) is 159 cm³/mol. The number of hydrogen-bond acceptors (Lipinski definition) is 5. The highest BCUT2D eigenvalue weighted by atomic mass is 19.2. The normalized spacial score (nSPS) is 25.1. The Balaban J connectivity index is 1.18. The van der Waals surface area contributed by atoms with Gasteiger partial charge in [0.05, 0.1) is 22.5 Å². The highest BCUT2D eigenvalue weighted by molar-refractivity contribution is 5.99. The van der Waals surface area contributed by atoms with E-state index in [2.05, 4.69) is 4.98 Å². The lowest BCUT2D eigenvalue weighted by atomic mass is 9.80. The molecule has 43 heavy (non-hydrogen) atoms. The van der Waals surface area contributed by atoms with Crippen molar-refractivity contribution in [1.82, 2.24) is 14.8 Å². The molecule has 2 aliphatic heterocycles. The monoisotopic (exact) mass is 591 g/mol. The minimum absolute atomic E-state index is 0.0125. The van der Waals surface area contributed by atoms with Crippen LogP contribution in [0.5, 0.6) is 0 Å². The lowest BCUT2D eigenvalue weighted by Crippen LogP contribution is -2.54. The number of alkyl halides is 1. The van der Waals surface area contributed by atoms with Crippen LogP contribution in [-0.4, -0.2) is 82.4 Å². The van der Waals surface area contributed by atoms with Gasteiger partial charge < -0.3 is 14.7 Å². The second kappa shape index (κ2) is 11.9. The Kier molecular flexibility index (Phi) is 8.22. The maximum absolute atomic E-state index is 17.0. The number of nitrogens with zero attached hydrogens (tertiary/aromatic N) is 3. The molecule has 1 saturated heterocycles. The van der Waals surface area contributed by atoms with E-state index in [0.29, 0.717) is 67.8 Å². The Morgan fingerprint density at radius 3 is 2.47 bits per heavy atom. The van der Waals surface area contributed by atoms with E-state index in [0.717, 1.165) is 24.0 Å². The summed E-state index contributed by atoms with van der Waals surface area (Å²) in [5.41, 5.74) is 1.54. The number of rotatable bonds is 9. The average molecular weight is 592 g/mol. The molecule has 0 radical (unpaired) electrons. The summed E-state index contributed by atoms with van der Waals surface area (Å²) in [7, 11) is 0. The SMILES string of the molecule is CCOC1C(F)=C(c2ccccc2)C(C2CC2)=CC1(F)CN1CCC(N2CCc3nc(CC)c(C(=O)O)cc3C2=O)CC1. The van der Waals surface area contributed by atoms with E-state index in [-0.39, 0.29) is 36.6 Å². The standard InChI is InChI=1S/C34H39F2N3O4/c1-3-27-25(33(41)42)18-24-28(37-27)14-17-39(32(24)40)23-12-15-38(16-13-23)20-34(36)19-26(21-10-11-21)29(22-8-6-5-7-9-22)30(35)31(34)43-4-2/h5-9,18-19,21,23,31H,3-4,10-17,20H2,1-2H3,(H,41,42). The molecular weight excluding hydrogens is 552 g/mol. The number of aryl methyl sites for hydroxylation is 1. The Morgan fingerprint density at radius 2 is 1.84 bits per heavy atom. The molecule has 1 amide bonds. The molecule has 228 valence electrons. The van der Waals surface area contributed by atoms with Gasteiger partial charge in [0.2, 0.25) is 0 Å². The van der Waals surface area contributed by atoms with Crippen molar-refractivity contribution in [3.8, 4) is 0 Å². The number of allylic oxidation sites excluding steroid dienone is 2. The van der Waals surface area contributed by atoms with Gasteiger partial charge in [-0.15, -0.1) is 0 Å². The van der Waals surface area contributed by atoms with E-state index >= 15 is 8.78 Å². The van der Waals surface area contributed by atoms with Gasteiger partial charge in [-0.3, -0.25) is 14.7 Å². The van der Waals surface area contributed by atoms with Gasteiger partial charge in [-0.05, 0) is 68.2 Å². The molecule has 1 aromatic carbocycles. The van der Waals surface area contributed by atoms with Crippen LogP contribution in [0.15, 0.2) is 53.9 Å². The highest BCUT2D eigenvalue weighted by Gasteiger charge is 2.50. The molecule has 6 rings (SSSR count). The maximum Gasteiger partial charge on any atom is 0.337 e. The van der Waals surface area contributed by atoms with Crippen LogP contribution in [-0.2, 0) is 17.6 Å². The molecule has 4 aliphatic rings. The van der Waals surface area contributed by atoms with Crippen molar-refractivity contribution < 1.29 is 28.2 Å². The first-order chi connectivity index (χ1) is 20.7. The second-order valence-electron chi connectivity index (χ2n) is 12.1. The molecule has 2 aliphatic carbocycles. The first-order valence-electron chi connectivity index (χ1n) is 15.5. The van der Waals surface area contributed by atoms with E-state index in [9.17, 15) is 14.7 Å². The van der Waals surface area contributed by atoms with Crippen molar-refractivity contribution in [2.75, 3.05) is 32.8 Å². The van der Waals surface area contributed by atoms with Gasteiger partial charge in [0.15, 0.2) is 5.67 Å². The number of fused-ring (bicyclic) bond motifs is 1. The van der Waals surface area contributed by atoms with Crippen molar-refractivity contribution in [2.24, 2.45) is 5.92 Å². The van der Waals surface area contributed by atoms with Gasteiger partial charge in [-0.1, -0.05) is 37.3 Å². The number of ether oxygens (including phenoxy) is 1. The van der Waals surface area contributed by atoms with Crippen molar-refractivity contribution in [3.05, 3.63) is 82.0 Å². The number of aromatic nitrogens is 1. The number of carboxylic acids is 1. The number of aromatic carboxylic acids is 1. The van der Waals surface area contributed by atoms with E-state index in [1.165, 1.54) is 6.07 Å². The van der Waals surface area contributed by atoms with Gasteiger partial charge in [0.1, 0.15) is 11.9 Å². The largest absolute Gasteiger partial charge is 0.478 e. The number of likely N-dealkylation sites (tertiary alicyclic amines) is 1. The van der Waals surface area contributed by atoms with E-state index < -0.39 is 23.6 Å². The number of carbonyl (C=O) groups is 2. The fourth-order valence-electron chi connectivity index (χ4n) is 7.01. The number of pyridine rings is 1. The first-order valence-corrected chi connectivity index (χ1v) is 15.5. The summed E-state index contributed by atoms with van der Waals surface area (Å²) in [6, 6.07) is 10.8. The smallest absolute Gasteiger partial charge is 0.337 e. The molecule has 1 aromatic heterocycles. The summed E-state index contributed by atoms with van der Waals surface area (Å²) in [5.74, 6) is -1.66. The number of hydrogen-bond donors (Lipinski definition) is 1. The lowest BCUT2D eigenvalue weighted by Gasteiger charge is -2.43. The number of amides is 1. The Morgan fingerprint density at radius 1 is 1.12 bits per heavy atom. The van der Waals surface area contributed by atoms with Crippen LogP contribution in [0.4, 0.5) is 8.78 Å². The molecule has 1 saturated carbocycles. The fraction of sp³-hybridized carbons (Fsp3) is 0.500. The molecule has 0 bridgehead atoms. The fourth-order valence-corrected chi connectivity index (χ4v) is 7.01. The van der Waals surface area contributed by atoms with Gasteiger partial charge in [-0.25, -0.2) is 13.6 Å². The number of halogens is 2. The number of carboxylic acid groups (broad SMARTS) is 1. The van der Waals surface area contributed by atoms with Crippen molar-refractivity contribution in [1.29, 1.82) is 0 Å². The van der Waals surface area contributed by atoms with Crippen molar-refractivity contribution in [3.63, 3.8) is 0 Å². The third-order valence-corrected chi connectivity index (χ3v) is 9.29. The first kappa shape index (κ1) is 29.6. The van der Waals surface area contributed by atoms with Gasteiger partial charge >= 0.3 is 5.97 Å². The summed E-state index contributed by atoms with van der Waals surface area (Å²) in [4.78, 5) is 33.6. The lowest BCUT2D eigenvalue weighted by molar-refractivity contribution is -0.0425. The molecule has 2 atom stereocenters. The number of piperidine rings is 1. The van der Waals surface area contributed by atoms with Crippen molar-refractivity contribution in [2.45, 2.75) is 70.2 Å². The zero-order chi connectivity index (χ0) is 30.3. The molecule has 2 fully saturated rings. The van der Waals surface area contributed by atoms with Crippen LogP contribution >= 0.6 is 0 Å². The predicted octanol–water partition coefficient (Wildman–Crippen LogP) is 5.65. The topological polar surface area (TPSA) is 83.0 Å². The van der Waals surface area contributed by atoms with Crippen LogP contribution in [0, 0.1) is 5.92 Å². The number of carbonyl (C=O) groups excluding carboxylic acids is 1. The van der Waals surface area contributed by atoms with E-state index in [1.807, 2.05) is 47.1 Å². The summed E-state index contributed by atoms with van der Waals surface area (Å²) in [5, 5.41) is 9.63. The average Bonchev–Trinajstić information content (AvgIpc) is 3.85. The molecule has 3 heterocycles. The molecular formula is C34H39F2N3O4. The molecule has 0 spiro atoms. The molecule has 2 unspecified atom stereocenters. The Labute approximate surface area is 251 Å². The zero-order valence-corrected chi connectivity index (χ0v) is 24.8.